The van der Waals surface area contributed by atoms with Crippen molar-refractivity contribution in [2.45, 2.75) is 311 Å². The number of hydrogen-bond acceptors (Lipinski definition) is 6. The highest BCUT2D eigenvalue weighted by Gasteiger charge is 2.19. The lowest BCUT2D eigenvalue weighted by Gasteiger charge is -2.18. The summed E-state index contributed by atoms with van der Waals surface area (Å²) in [5, 5.41) is 0. The molecular formula is C56H108O6. The number of hydrogen-bond donors (Lipinski definition) is 0. The Morgan fingerprint density at radius 3 is 0.694 bits per heavy atom. The molecule has 0 aromatic rings. The lowest BCUT2D eigenvalue weighted by molar-refractivity contribution is -0.167. The van der Waals surface area contributed by atoms with Crippen LogP contribution in [-0.2, 0) is 28.6 Å². The van der Waals surface area contributed by atoms with Gasteiger partial charge in [-0.15, -0.1) is 0 Å². The molecule has 0 aromatic heterocycles. The Kier molecular flexibility index (Phi) is 46.2. The van der Waals surface area contributed by atoms with Crippen molar-refractivity contribution in [3.63, 3.8) is 0 Å². The van der Waals surface area contributed by atoms with E-state index in [4.69, 9.17) is 14.2 Å². The van der Waals surface area contributed by atoms with Gasteiger partial charge in [0, 0.05) is 19.3 Å². The lowest BCUT2D eigenvalue weighted by Crippen LogP contribution is -2.30. The number of carbonyl (C=O) groups excluding carboxylic acids is 3. The van der Waals surface area contributed by atoms with Crippen LogP contribution in [0, 0.1) is 17.8 Å². The zero-order valence-corrected chi connectivity index (χ0v) is 42.7. The van der Waals surface area contributed by atoms with Gasteiger partial charge in [0.1, 0.15) is 13.2 Å². The van der Waals surface area contributed by atoms with E-state index in [9.17, 15) is 14.4 Å². The van der Waals surface area contributed by atoms with Crippen LogP contribution < -0.4 is 0 Å². The molecule has 0 aliphatic carbocycles. The number of carbonyl (C=O) groups is 3. The molecule has 368 valence electrons. The molecule has 0 fully saturated rings. The molecule has 0 radical (unpaired) electrons. The van der Waals surface area contributed by atoms with Crippen LogP contribution in [0.3, 0.4) is 0 Å². The first-order chi connectivity index (χ1) is 30.1. The first kappa shape index (κ1) is 60.4. The van der Waals surface area contributed by atoms with Gasteiger partial charge in [-0.1, -0.05) is 266 Å². The van der Waals surface area contributed by atoms with E-state index in [1.54, 1.807) is 0 Å². The molecule has 0 saturated heterocycles. The van der Waals surface area contributed by atoms with Crippen molar-refractivity contribution in [3.8, 4) is 0 Å². The Morgan fingerprint density at radius 2 is 0.468 bits per heavy atom. The van der Waals surface area contributed by atoms with Crippen LogP contribution in [0.1, 0.15) is 305 Å². The summed E-state index contributed by atoms with van der Waals surface area (Å²) in [6, 6.07) is 0. The third-order valence-electron chi connectivity index (χ3n) is 12.6. The molecule has 0 aliphatic rings. The van der Waals surface area contributed by atoms with E-state index in [2.05, 4.69) is 41.5 Å². The third kappa shape index (κ3) is 49.4. The predicted molar refractivity (Wildman–Crippen MR) is 266 cm³/mol. The van der Waals surface area contributed by atoms with Crippen molar-refractivity contribution >= 4 is 17.9 Å². The van der Waals surface area contributed by atoms with Gasteiger partial charge in [0.2, 0.25) is 0 Å². The van der Waals surface area contributed by atoms with Gasteiger partial charge in [-0.3, -0.25) is 14.4 Å². The molecule has 0 aromatic carbocycles. The molecule has 0 spiro atoms. The summed E-state index contributed by atoms with van der Waals surface area (Å²) in [7, 11) is 0. The maximum Gasteiger partial charge on any atom is 0.306 e. The SMILES string of the molecule is CC(C)CCCCCCCCCCCCCCCCCCCCC(=O)O[C@@H](COC(=O)CCCCCCCCCCCC(C)C)COC(=O)CCCCCCCCCCC(C)C. The minimum absolute atomic E-state index is 0.0649. The number of ether oxygens (including phenoxy) is 3. The van der Waals surface area contributed by atoms with Crippen molar-refractivity contribution in [2.24, 2.45) is 17.8 Å². The zero-order valence-electron chi connectivity index (χ0n) is 42.7. The topological polar surface area (TPSA) is 78.9 Å². The standard InChI is InChI=1S/C56H108O6/c1-50(2)42-36-30-24-18-15-13-11-9-7-8-10-12-14-16-20-29-35-41-47-56(59)62-53(49-61-55(58)46-40-34-28-23-22-26-32-38-44-52(5)6)48-60-54(57)45-39-33-27-21-17-19-25-31-37-43-51(3)4/h50-53H,7-49H2,1-6H3/t53-/m0/s1. The van der Waals surface area contributed by atoms with Crippen molar-refractivity contribution < 1.29 is 28.6 Å². The van der Waals surface area contributed by atoms with E-state index in [0.29, 0.717) is 19.3 Å². The van der Waals surface area contributed by atoms with Crippen molar-refractivity contribution in [2.75, 3.05) is 13.2 Å². The molecule has 0 rings (SSSR count). The molecule has 0 aliphatic heterocycles. The molecule has 1 atom stereocenters. The molecule has 0 amide bonds. The van der Waals surface area contributed by atoms with Crippen LogP contribution in [0.15, 0.2) is 0 Å². The number of unbranched alkanes of at least 4 members (excludes halogenated alkanes) is 32. The predicted octanol–water partition coefficient (Wildman–Crippen LogP) is 17.9. The average molecular weight is 877 g/mol. The first-order valence-corrected chi connectivity index (χ1v) is 27.6. The highest BCUT2D eigenvalue weighted by atomic mass is 16.6. The Bertz CT molecular complexity index is 960. The van der Waals surface area contributed by atoms with Gasteiger partial charge in [-0.25, -0.2) is 0 Å². The van der Waals surface area contributed by atoms with Gasteiger partial charge in [0.25, 0.3) is 0 Å². The Hall–Kier alpha value is -1.59. The zero-order chi connectivity index (χ0) is 45.6. The fourth-order valence-corrected chi connectivity index (χ4v) is 8.47. The minimum Gasteiger partial charge on any atom is -0.462 e. The Morgan fingerprint density at radius 1 is 0.274 bits per heavy atom. The fourth-order valence-electron chi connectivity index (χ4n) is 8.47. The van der Waals surface area contributed by atoms with Crippen LogP contribution in [0.4, 0.5) is 0 Å². The van der Waals surface area contributed by atoms with Gasteiger partial charge in [0.15, 0.2) is 6.10 Å². The normalized spacial score (nSPS) is 12.1. The second kappa shape index (κ2) is 47.4. The average Bonchev–Trinajstić information content (AvgIpc) is 3.23. The fraction of sp³-hybridized carbons (Fsp3) is 0.946. The summed E-state index contributed by atoms with van der Waals surface area (Å²) in [6.07, 6.45) is 48.2. The molecule has 0 bridgehead atoms. The maximum absolute atomic E-state index is 12.8. The monoisotopic (exact) mass is 877 g/mol. The van der Waals surface area contributed by atoms with Gasteiger partial charge >= 0.3 is 17.9 Å². The Balaban J connectivity index is 4.23. The molecule has 6 nitrogen and oxygen atoms in total. The van der Waals surface area contributed by atoms with E-state index < -0.39 is 6.10 Å². The highest BCUT2D eigenvalue weighted by Crippen LogP contribution is 2.18. The second-order valence-electron chi connectivity index (χ2n) is 20.6. The van der Waals surface area contributed by atoms with Crippen molar-refractivity contribution in [1.29, 1.82) is 0 Å². The summed E-state index contributed by atoms with van der Waals surface area (Å²) in [6.45, 7) is 13.7. The van der Waals surface area contributed by atoms with E-state index in [1.807, 2.05) is 0 Å². The van der Waals surface area contributed by atoms with E-state index in [1.165, 1.54) is 186 Å². The van der Waals surface area contributed by atoms with Crippen LogP contribution in [0.5, 0.6) is 0 Å². The van der Waals surface area contributed by atoms with Gasteiger partial charge in [-0.05, 0) is 37.0 Å². The second-order valence-corrected chi connectivity index (χ2v) is 20.6. The van der Waals surface area contributed by atoms with Crippen molar-refractivity contribution in [3.05, 3.63) is 0 Å². The summed E-state index contributed by atoms with van der Waals surface area (Å²) in [5.74, 6) is 1.61. The van der Waals surface area contributed by atoms with Crippen LogP contribution in [0.2, 0.25) is 0 Å². The van der Waals surface area contributed by atoms with Crippen LogP contribution >= 0.6 is 0 Å². The van der Waals surface area contributed by atoms with Crippen LogP contribution in [0.25, 0.3) is 0 Å². The van der Waals surface area contributed by atoms with E-state index >= 15 is 0 Å². The van der Waals surface area contributed by atoms with Gasteiger partial charge < -0.3 is 14.2 Å². The van der Waals surface area contributed by atoms with E-state index in [0.717, 1.165) is 75.5 Å². The molecule has 62 heavy (non-hydrogen) atoms. The maximum atomic E-state index is 12.8. The lowest BCUT2D eigenvalue weighted by atomic mass is 10.0. The third-order valence-corrected chi connectivity index (χ3v) is 12.6. The molecule has 0 unspecified atom stereocenters. The summed E-state index contributed by atoms with van der Waals surface area (Å²) < 4.78 is 16.8. The summed E-state index contributed by atoms with van der Waals surface area (Å²) >= 11 is 0. The van der Waals surface area contributed by atoms with Gasteiger partial charge in [-0.2, -0.15) is 0 Å². The number of esters is 3. The first-order valence-electron chi connectivity index (χ1n) is 27.6. The smallest absolute Gasteiger partial charge is 0.306 e. The van der Waals surface area contributed by atoms with Gasteiger partial charge in [0.05, 0.1) is 0 Å². The Labute approximate surface area is 387 Å². The summed E-state index contributed by atoms with van der Waals surface area (Å²) in [4.78, 5) is 38.0. The molecule has 6 heteroatoms. The number of rotatable bonds is 49. The molecule has 0 N–H and O–H groups in total. The van der Waals surface area contributed by atoms with Crippen LogP contribution in [-0.4, -0.2) is 37.2 Å². The largest absolute Gasteiger partial charge is 0.462 e. The van der Waals surface area contributed by atoms with E-state index in [-0.39, 0.29) is 31.1 Å². The highest BCUT2D eigenvalue weighted by molar-refractivity contribution is 5.71. The molecule has 0 saturated carbocycles. The van der Waals surface area contributed by atoms with Crippen molar-refractivity contribution in [1.82, 2.24) is 0 Å². The summed E-state index contributed by atoms with van der Waals surface area (Å²) in [5.41, 5.74) is 0. The molecule has 0 heterocycles. The molecular weight excluding hydrogens is 769 g/mol. The quantitative estimate of drug-likeness (QED) is 0.0344. The minimum atomic E-state index is -0.763.